The van der Waals surface area contributed by atoms with Crippen molar-refractivity contribution in [3.63, 3.8) is 0 Å². The Labute approximate surface area is 121 Å². The zero-order valence-corrected chi connectivity index (χ0v) is 12.9. The molecule has 2 N–H and O–H groups in total. The number of ether oxygens (including phenoxy) is 1. The van der Waals surface area contributed by atoms with Gasteiger partial charge >= 0.3 is 0 Å². The molecule has 0 aliphatic carbocycles. The van der Waals surface area contributed by atoms with E-state index in [-0.39, 0.29) is 18.6 Å². The van der Waals surface area contributed by atoms with Crippen LogP contribution in [0.5, 0.6) is 5.75 Å². The molecule has 1 rings (SSSR count). The summed E-state index contributed by atoms with van der Waals surface area (Å²) in [6.45, 7) is 9.93. The first-order valence-corrected chi connectivity index (χ1v) is 7.25. The van der Waals surface area contributed by atoms with Crippen LogP contribution in [0.25, 0.3) is 0 Å². The van der Waals surface area contributed by atoms with E-state index in [4.69, 9.17) is 4.74 Å². The maximum atomic E-state index is 11.8. The number of hydrogen-bond donors (Lipinski definition) is 2. The average molecular weight is 278 g/mol. The third kappa shape index (κ3) is 5.61. The van der Waals surface area contributed by atoms with Gasteiger partial charge in [-0.15, -0.1) is 0 Å². The van der Waals surface area contributed by atoms with Crippen molar-refractivity contribution < 1.29 is 9.53 Å². The van der Waals surface area contributed by atoms with Gasteiger partial charge < -0.3 is 15.4 Å². The normalized spacial score (nSPS) is 12.2. The zero-order chi connectivity index (χ0) is 15.0. The van der Waals surface area contributed by atoms with Crippen molar-refractivity contribution in [1.82, 2.24) is 10.6 Å². The van der Waals surface area contributed by atoms with Crippen LogP contribution in [0.4, 0.5) is 0 Å². The minimum Gasteiger partial charge on any atom is -0.483 e. The summed E-state index contributed by atoms with van der Waals surface area (Å²) in [7, 11) is 0. The highest BCUT2D eigenvalue weighted by atomic mass is 16.5. The van der Waals surface area contributed by atoms with Crippen LogP contribution in [0.3, 0.4) is 0 Å². The Kier molecular flexibility index (Phi) is 7.09. The van der Waals surface area contributed by atoms with Crippen molar-refractivity contribution in [2.45, 2.75) is 40.3 Å². The van der Waals surface area contributed by atoms with Crippen LogP contribution < -0.4 is 15.4 Å². The molecule has 1 amide bonds. The molecule has 1 atom stereocenters. The minimum absolute atomic E-state index is 0.0558. The highest BCUT2D eigenvalue weighted by Crippen LogP contribution is 2.17. The summed E-state index contributed by atoms with van der Waals surface area (Å²) in [5.74, 6) is 1.10. The predicted molar refractivity (Wildman–Crippen MR) is 81.8 cm³/mol. The van der Waals surface area contributed by atoms with Gasteiger partial charge in [-0.25, -0.2) is 0 Å². The average Bonchev–Trinajstić information content (AvgIpc) is 2.43. The molecule has 0 bridgehead atoms. The van der Waals surface area contributed by atoms with E-state index >= 15 is 0 Å². The Bertz CT molecular complexity index is 419. The van der Waals surface area contributed by atoms with E-state index in [2.05, 4.69) is 31.4 Å². The first-order valence-electron chi connectivity index (χ1n) is 7.25. The first-order chi connectivity index (χ1) is 9.54. The van der Waals surface area contributed by atoms with Gasteiger partial charge in [-0.1, -0.05) is 39.0 Å². The number of hydrogen-bond acceptors (Lipinski definition) is 3. The Balaban J connectivity index is 2.50. The highest BCUT2D eigenvalue weighted by Gasteiger charge is 2.11. The fraction of sp³-hybridized carbons (Fsp3) is 0.562. The van der Waals surface area contributed by atoms with Gasteiger partial charge in [-0.05, 0) is 25.5 Å². The van der Waals surface area contributed by atoms with Gasteiger partial charge in [0.15, 0.2) is 6.61 Å². The lowest BCUT2D eigenvalue weighted by Crippen LogP contribution is -2.39. The number of carbonyl (C=O) groups is 1. The molecule has 1 aromatic rings. The summed E-state index contributed by atoms with van der Waals surface area (Å²) in [6, 6.07) is 7.95. The topological polar surface area (TPSA) is 50.4 Å². The lowest BCUT2D eigenvalue weighted by Gasteiger charge is -2.18. The lowest BCUT2D eigenvalue weighted by atomic mass is 10.1. The van der Waals surface area contributed by atoms with Crippen molar-refractivity contribution in [1.29, 1.82) is 0 Å². The lowest BCUT2D eigenvalue weighted by molar-refractivity contribution is -0.124. The van der Waals surface area contributed by atoms with Gasteiger partial charge in [0.1, 0.15) is 5.75 Å². The molecule has 0 fully saturated rings. The number of benzene rings is 1. The van der Waals surface area contributed by atoms with E-state index in [1.54, 1.807) is 0 Å². The molecule has 0 spiro atoms. The Morgan fingerprint density at radius 3 is 2.60 bits per heavy atom. The minimum atomic E-state index is -0.0792. The van der Waals surface area contributed by atoms with Crippen molar-refractivity contribution in [2.24, 2.45) is 5.92 Å². The molecule has 4 heteroatoms. The standard InChI is InChI=1S/C16H26N2O2/c1-5-17-10-14-8-6-7-9-15(14)20-11-16(19)18-13(4)12(2)3/h6-9,12-13,17H,5,10-11H2,1-4H3,(H,18,19). The molecule has 0 aromatic heterocycles. The van der Waals surface area contributed by atoms with Gasteiger partial charge in [-0.2, -0.15) is 0 Å². The summed E-state index contributed by atoms with van der Waals surface area (Å²) >= 11 is 0. The SMILES string of the molecule is CCNCc1ccccc1OCC(=O)NC(C)C(C)C. The van der Waals surface area contributed by atoms with E-state index in [9.17, 15) is 4.79 Å². The molecule has 0 saturated heterocycles. The van der Waals surface area contributed by atoms with Gasteiger partial charge in [-0.3, -0.25) is 4.79 Å². The summed E-state index contributed by atoms with van der Waals surface area (Å²) in [5, 5.41) is 6.19. The summed E-state index contributed by atoms with van der Waals surface area (Å²) in [4.78, 5) is 11.8. The van der Waals surface area contributed by atoms with E-state index in [1.807, 2.05) is 31.2 Å². The van der Waals surface area contributed by atoms with Crippen LogP contribution in [0, 0.1) is 5.92 Å². The summed E-state index contributed by atoms with van der Waals surface area (Å²) in [5.41, 5.74) is 1.07. The van der Waals surface area contributed by atoms with Crippen molar-refractivity contribution in [3.8, 4) is 5.75 Å². The van der Waals surface area contributed by atoms with Gasteiger partial charge in [0, 0.05) is 18.2 Å². The van der Waals surface area contributed by atoms with Crippen LogP contribution in [-0.2, 0) is 11.3 Å². The van der Waals surface area contributed by atoms with E-state index in [0.29, 0.717) is 5.92 Å². The van der Waals surface area contributed by atoms with Crippen LogP contribution >= 0.6 is 0 Å². The van der Waals surface area contributed by atoms with Gasteiger partial charge in [0.25, 0.3) is 5.91 Å². The fourth-order valence-corrected chi connectivity index (χ4v) is 1.66. The van der Waals surface area contributed by atoms with Crippen molar-refractivity contribution >= 4 is 5.91 Å². The molecule has 0 aliphatic heterocycles. The quantitative estimate of drug-likeness (QED) is 0.767. The molecule has 0 saturated carbocycles. The summed E-state index contributed by atoms with van der Waals surface area (Å²) in [6.07, 6.45) is 0. The van der Waals surface area contributed by atoms with Gasteiger partial charge in [0.2, 0.25) is 0 Å². The molecule has 0 aliphatic rings. The van der Waals surface area contributed by atoms with Gasteiger partial charge in [0.05, 0.1) is 0 Å². The molecule has 112 valence electrons. The molecular weight excluding hydrogens is 252 g/mol. The molecular formula is C16H26N2O2. The molecule has 20 heavy (non-hydrogen) atoms. The monoisotopic (exact) mass is 278 g/mol. The molecule has 1 unspecified atom stereocenters. The molecule has 0 heterocycles. The maximum absolute atomic E-state index is 11.8. The fourth-order valence-electron chi connectivity index (χ4n) is 1.66. The predicted octanol–water partition coefficient (Wildman–Crippen LogP) is 2.34. The molecule has 4 nitrogen and oxygen atoms in total. The van der Waals surface area contributed by atoms with Crippen LogP contribution in [-0.4, -0.2) is 25.1 Å². The van der Waals surface area contributed by atoms with Crippen LogP contribution in [0.15, 0.2) is 24.3 Å². The van der Waals surface area contributed by atoms with Crippen LogP contribution in [0.1, 0.15) is 33.3 Å². The van der Waals surface area contributed by atoms with E-state index in [1.165, 1.54) is 0 Å². The third-order valence-electron chi connectivity index (χ3n) is 3.29. The largest absolute Gasteiger partial charge is 0.483 e. The maximum Gasteiger partial charge on any atom is 0.258 e. The first kappa shape index (κ1) is 16.5. The second kappa shape index (κ2) is 8.59. The number of amides is 1. The summed E-state index contributed by atoms with van der Waals surface area (Å²) < 4.78 is 5.62. The zero-order valence-electron chi connectivity index (χ0n) is 12.9. The Hall–Kier alpha value is -1.55. The smallest absolute Gasteiger partial charge is 0.258 e. The number of nitrogens with one attached hydrogen (secondary N) is 2. The van der Waals surface area contributed by atoms with E-state index < -0.39 is 0 Å². The highest BCUT2D eigenvalue weighted by molar-refractivity contribution is 5.77. The second-order valence-electron chi connectivity index (χ2n) is 5.28. The van der Waals surface area contributed by atoms with E-state index in [0.717, 1.165) is 24.4 Å². The van der Waals surface area contributed by atoms with Crippen molar-refractivity contribution in [3.05, 3.63) is 29.8 Å². The Morgan fingerprint density at radius 1 is 1.25 bits per heavy atom. The second-order valence-corrected chi connectivity index (χ2v) is 5.28. The Morgan fingerprint density at radius 2 is 1.95 bits per heavy atom. The third-order valence-corrected chi connectivity index (χ3v) is 3.29. The van der Waals surface area contributed by atoms with Crippen molar-refractivity contribution in [2.75, 3.05) is 13.2 Å². The number of rotatable bonds is 8. The number of carbonyl (C=O) groups excluding carboxylic acids is 1. The molecule has 1 aromatic carbocycles. The van der Waals surface area contributed by atoms with Crippen LogP contribution in [0.2, 0.25) is 0 Å². The molecule has 0 radical (unpaired) electrons. The number of para-hydroxylation sites is 1.